The van der Waals surface area contributed by atoms with Crippen LogP contribution in [0.25, 0.3) is 0 Å². The zero-order valence-corrected chi connectivity index (χ0v) is 13.1. The molecule has 0 amide bonds. The first-order valence-electron chi connectivity index (χ1n) is 7.34. The monoisotopic (exact) mass is 256 g/mol. The van der Waals surface area contributed by atoms with Gasteiger partial charge in [0, 0.05) is 19.1 Å². The molecule has 0 spiro atoms. The summed E-state index contributed by atoms with van der Waals surface area (Å²) in [6.45, 7) is 11.1. The standard InChI is InChI=1S/C15H32N2O/c1-12(2)9-13(11-17(5)6)16-10-14-7-8-15(3,4)18-14/h12-14,16H,7-11H2,1-6H3. The van der Waals surface area contributed by atoms with E-state index < -0.39 is 0 Å². The van der Waals surface area contributed by atoms with Gasteiger partial charge in [0.2, 0.25) is 0 Å². The maximum atomic E-state index is 6.03. The van der Waals surface area contributed by atoms with Crippen molar-refractivity contribution >= 4 is 0 Å². The molecule has 1 rings (SSSR count). The minimum atomic E-state index is 0.0848. The van der Waals surface area contributed by atoms with Gasteiger partial charge in [0.1, 0.15) is 0 Å². The average Bonchev–Trinajstić information content (AvgIpc) is 2.53. The fourth-order valence-electron chi connectivity index (χ4n) is 2.75. The van der Waals surface area contributed by atoms with Crippen LogP contribution in [-0.4, -0.2) is 49.8 Å². The summed E-state index contributed by atoms with van der Waals surface area (Å²) in [6, 6.07) is 0.576. The van der Waals surface area contributed by atoms with Gasteiger partial charge in [0.15, 0.2) is 0 Å². The largest absolute Gasteiger partial charge is 0.371 e. The maximum Gasteiger partial charge on any atom is 0.0707 e. The summed E-state index contributed by atoms with van der Waals surface area (Å²) < 4.78 is 6.03. The van der Waals surface area contributed by atoms with E-state index in [9.17, 15) is 0 Å². The average molecular weight is 256 g/mol. The van der Waals surface area contributed by atoms with Crippen molar-refractivity contribution in [2.45, 2.75) is 64.7 Å². The highest BCUT2D eigenvalue weighted by Crippen LogP contribution is 2.28. The van der Waals surface area contributed by atoms with Crippen molar-refractivity contribution in [3.05, 3.63) is 0 Å². The summed E-state index contributed by atoms with van der Waals surface area (Å²) in [5.74, 6) is 0.739. The first-order chi connectivity index (χ1) is 8.28. The van der Waals surface area contributed by atoms with Gasteiger partial charge in [-0.1, -0.05) is 13.8 Å². The summed E-state index contributed by atoms with van der Waals surface area (Å²) in [7, 11) is 4.29. The molecule has 0 aromatic carbocycles. The first kappa shape index (κ1) is 15.9. The molecule has 1 heterocycles. The van der Waals surface area contributed by atoms with Gasteiger partial charge < -0.3 is 15.0 Å². The molecular formula is C15H32N2O. The van der Waals surface area contributed by atoms with Gasteiger partial charge >= 0.3 is 0 Å². The lowest BCUT2D eigenvalue weighted by molar-refractivity contribution is -0.0156. The summed E-state index contributed by atoms with van der Waals surface area (Å²) in [6.07, 6.45) is 4.00. The van der Waals surface area contributed by atoms with Gasteiger partial charge in [-0.15, -0.1) is 0 Å². The predicted molar refractivity (Wildman–Crippen MR) is 78.0 cm³/mol. The van der Waals surface area contributed by atoms with Crippen LogP contribution in [0.15, 0.2) is 0 Å². The van der Waals surface area contributed by atoms with Gasteiger partial charge in [0.05, 0.1) is 11.7 Å². The fourth-order valence-corrected chi connectivity index (χ4v) is 2.75. The Balaban J connectivity index is 2.32. The van der Waals surface area contributed by atoms with E-state index in [1.165, 1.54) is 19.3 Å². The molecule has 3 heteroatoms. The Bertz CT molecular complexity index is 229. The van der Waals surface area contributed by atoms with Crippen LogP contribution in [0.1, 0.15) is 47.0 Å². The molecule has 0 aromatic rings. The molecule has 1 aliphatic heterocycles. The molecule has 2 unspecified atom stereocenters. The maximum absolute atomic E-state index is 6.03. The fraction of sp³-hybridized carbons (Fsp3) is 1.00. The Morgan fingerprint density at radius 2 is 2.00 bits per heavy atom. The van der Waals surface area contributed by atoms with Crippen molar-refractivity contribution in [1.29, 1.82) is 0 Å². The lowest BCUT2D eigenvalue weighted by Crippen LogP contribution is -2.42. The topological polar surface area (TPSA) is 24.5 Å². The van der Waals surface area contributed by atoms with E-state index in [-0.39, 0.29) is 5.60 Å². The smallest absolute Gasteiger partial charge is 0.0707 e. The van der Waals surface area contributed by atoms with E-state index in [0.717, 1.165) is 19.0 Å². The Hall–Kier alpha value is -0.120. The van der Waals surface area contributed by atoms with Crippen molar-refractivity contribution in [1.82, 2.24) is 10.2 Å². The SMILES string of the molecule is CC(C)CC(CN(C)C)NCC1CCC(C)(C)O1. The number of nitrogens with zero attached hydrogens (tertiary/aromatic N) is 1. The minimum Gasteiger partial charge on any atom is -0.371 e. The van der Waals surface area contributed by atoms with Crippen LogP contribution in [0.4, 0.5) is 0 Å². The zero-order valence-electron chi connectivity index (χ0n) is 13.1. The molecule has 1 saturated heterocycles. The van der Waals surface area contributed by atoms with E-state index in [1.54, 1.807) is 0 Å². The quantitative estimate of drug-likeness (QED) is 0.757. The molecular weight excluding hydrogens is 224 g/mol. The van der Waals surface area contributed by atoms with Gasteiger partial charge in [-0.3, -0.25) is 0 Å². The molecule has 2 atom stereocenters. The second-order valence-corrected chi connectivity index (χ2v) is 7.04. The number of hydrogen-bond donors (Lipinski definition) is 1. The molecule has 3 nitrogen and oxygen atoms in total. The summed E-state index contributed by atoms with van der Waals surface area (Å²) in [4.78, 5) is 2.26. The lowest BCUT2D eigenvalue weighted by Gasteiger charge is -2.26. The number of hydrogen-bond acceptors (Lipinski definition) is 3. The van der Waals surface area contributed by atoms with Crippen LogP contribution in [0.2, 0.25) is 0 Å². The number of nitrogens with one attached hydrogen (secondary N) is 1. The predicted octanol–water partition coefficient (Wildman–Crippen LogP) is 2.51. The van der Waals surface area contributed by atoms with Gasteiger partial charge in [0.25, 0.3) is 0 Å². The third-order valence-electron chi connectivity index (χ3n) is 3.53. The van der Waals surface area contributed by atoms with Crippen LogP contribution in [0, 0.1) is 5.92 Å². The molecule has 1 aliphatic rings. The van der Waals surface area contributed by atoms with Gasteiger partial charge in [-0.05, 0) is 53.1 Å². The van der Waals surface area contributed by atoms with E-state index in [2.05, 4.69) is 52.0 Å². The van der Waals surface area contributed by atoms with Crippen LogP contribution in [-0.2, 0) is 4.74 Å². The van der Waals surface area contributed by atoms with Crippen LogP contribution in [0.3, 0.4) is 0 Å². The molecule has 108 valence electrons. The Morgan fingerprint density at radius 3 is 2.44 bits per heavy atom. The molecule has 1 fully saturated rings. The minimum absolute atomic E-state index is 0.0848. The van der Waals surface area contributed by atoms with E-state index in [0.29, 0.717) is 12.1 Å². The second kappa shape index (κ2) is 6.88. The van der Waals surface area contributed by atoms with Crippen molar-refractivity contribution in [3.8, 4) is 0 Å². The highest BCUT2D eigenvalue weighted by molar-refractivity contribution is 4.83. The molecule has 18 heavy (non-hydrogen) atoms. The van der Waals surface area contributed by atoms with Crippen LogP contribution >= 0.6 is 0 Å². The Labute approximate surface area is 113 Å². The molecule has 0 radical (unpaired) electrons. The summed E-state index contributed by atoms with van der Waals surface area (Å²) in [5.41, 5.74) is 0.0848. The lowest BCUT2D eigenvalue weighted by atomic mass is 10.0. The van der Waals surface area contributed by atoms with Gasteiger partial charge in [-0.2, -0.15) is 0 Å². The summed E-state index contributed by atoms with van der Waals surface area (Å²) in [5, 5.41) is 3.70. The second-order valence-electron chi connectivity index (χ2n) is 7.04. The zero-order chi connectivity index (χ0) is 13.8. The number of ether oxygens (including phenoxy) is 1. The third-order valence-corrected chi connectivity index (χ3v) is 3.53. The third kappa shape index (κ3) is 6.17. The molecule has 0 saturated carbocycles. The molecule has 0 aromatic heterocycles. The van der Waals surface area contributed by atoms with E-state index in [4.69, 9.17) is 4.74 Å². The Morgan fingerprint density at radius 1 is 1.33 bits per heavy atom. The highest BCUT2D eigenvalue weighted by Gasteiger charge is 2.31. The summed E-state index contributed by atoms with van der Waals surface area (Å²) >= 11 is 0. The van der Waals surface area contributed by atoms with Crippen molar-refractivity contribution in [3.63, 3.8) is 0 Å². The van der Waals surface area contributed by atoms with Crippen LogP contribution < -0.4 is 5.32 Å². The molecule has 0 aliphatic carbocycles. The molecule has 1 N–H and O–H groups in total. The highest BCUT2D eigenvalue weighted by atomic mass is 16.5. The van der Waals surface area contributed by atoms with Crippen molar-refractivity contribution < 1.29 is 4.74 Å². The van der Waals surface area contributed by atoms with E-state index >= 15 is 0 Å². The number of likely N-dealkylation sites (N-methyl/N-ethyl adjacent to an activating group) is 1. The van der Waals surface area contributed by atoms with Gasteiger partial charge in [-0.25, -0.2) is 0 Å². The van der Waals surface area contributed by atoms with Crippen molar-refractivity contribution in [2.24, 2.45) is 5.92 Å². The normalized spacial score (nSPS) is 25.0. The Kier molecular flexibility index (Phi) is 6.09. The molecule has 0 bridgehead atoms. The number of rotatable bonds is 7. The van der Waals surface area contributed by atoms with Crippen LogP contribution in [0.5, 0.6) is 0 Å². The first-order valence-corrected chi connectivity index (χ1v) is 7.34. The van der Waals surface area contributed by atoms with E-state index in [1.807, 2.05) is 0 Å². The van der Waals surface area contributed by atoms with Crippen molar-refractivity contribution in [2.75, 3.05) is 27.2 Å².